The molecule has 1 N–H and O–H groups in total. The molecule has 1 aromatic carbocycles. The van der Waals surface area contributed by atoms with Crippen LogP contribution in [0.5, 0.6) is 0 Å². The van der Waals surface area contributed by atoms with Gasteiger partial charge >= 0.3 is 0 Å². The Kier molecular flexibility index (Phi) is 4.38. The van der Waals surface area contributed by atoms with Crippen LogP contribution < -0.4 is 4.83 Å². The normalized spacial score (nSPS) is 12.4. The molecule has 0 aliphatic rings. The summed E-state index contributed by atoms with van der Waals surface area (Å²) in [6, 6.07) is 10.2. The molecule has 19 heavy (non-hydrogen) atoms. The number of nitrogens with one attached hydrogen (secondary N) is 1. The number of halogens is 1. The molecule has 7 heteroatoms. The van der Waals surface area contributed by atoms with E-state index in [1.165, 1.54) is 23.5 Å². The van der Waals surface area contributed by atoms with Gasteiger partial charge in [0, 0.05) is 4.47 Å². The van der Waals surface area contributed by atoms with Gasteiger partial charge in [0.05, 0.1) is 15.5 Å². The van der Waals surface area contributed by atoms with E-state index in [0.717, 1.165) is 9.35 Å². The average Bonchev–Trinajstić information content (AvgIpc) is 2.90. The maximum absolute atomic E-state index is 12.0. The molecule has 0 fully saturated rings. The van der Waals surface area contributed by atoms with Crippen molar-refractivity contribution in [1.82, 2.24) is 4.83 Å². The smallest absolute Gasteiger partial charge is 0.200 e. The molecule has 0 unspecified atom stereocenters. The van der Waals surface area contributed by atoms with Gasteiger partial charge in [-0.15, -0.1) is 11.3 Å². The Hall–Kier alpha value is -1.18. The molecule has 0 aliphatic carbocycles. The van der Waals surface area contributed by atoms with Gasteiger partial charge in [-0.05, 0) is 42.6 Å². The van der Waals surface area contributed by atoms with Crippen molar-refractivity contribution in [2.45, 2.75) is 11.8 Å². The number of sulfonamides is 1. The fourth-order valence-corrected chi connectivity index (χ4v) is 3.13. The van der Waals surface area contributed by atoms with Crippen molar-refractivity contribution in [2.75, 3.05) is 0 Å². The number of hydrogen-bond donors (Lipinski definition) is 1. The lowest BCUT2D eigenvalue weighted by atomic mass is 10.3. The molecule has 0 saturated heterocycles. The lowest BCUT2D eigenvalue weighted by Gasteiger charge is -2.04. The molecule has 0 saturated carbocycles. The molecule has 0 bridgehead atoms. The first-order chi connectivity index (χ1) is 8.99. The summed E-state index contributed by atoms with van der Waals surface area (Å²) in [5, 5.41) is 5.83. The lowest BCUT2D eigenvalue weighted by Crippen LogP contribution is -2.19. The monoisotopic (exact) mass is 358 g/mol. The largest absolute Gasteiger partial charge is 0.276 e. The fraction of sp³-hybridized carbons (Fsp3) is 0.0833. The summed E-state index contributed by atoms with van der Waals surface area (Å²) in [4.78, 5) is 3.34. The van der Waals surface area contributed by atoms with Gasteiger partial charge < -0.3 is 0 Å². The van der Waals surface area contributed by atoms with Gasteiger partial charge in [0.1, 0.15) is 0 Å². The quantitative estimate of drug-likeness (QED) is 0.673. The predicted octanol–water partition coefficient (Wildman–Crippen LogP) is 3.21. The molecule has 1 aromatic heterocycles. The van der Waals surface area contributed by atoms with E-state index in [1.54, 1.807) is 19.1 Å². The highest BCUT2D eigenvalue weighted by Gasteiger charge is 2.12. The zero-order valence-electron chi connectivity index (χ0n) is 10.00. The average molecular weight is 359 g/mol. The molecule has 100 valence electrons. The minimum absolute atomic E-state index is 0.179. The number of rotatable bonds is 4. The Bertz CT molecular complexity index is 677. The summed E-state index contributed by atoms with van der Waals surface area (Å²) in [6.45, 7) is 1.76. The van der Waals surface area contributed by atoms with E-state index in [2.05, 4.69) is 25.9 Å². The number of hydrogen-bond acceptors (Lipinski definition) is 4. The number of hydrazone groups is 1. The van der Waals surface area contributed by atoms with Crippen LogP contribution in [0.2, 0.25) is 0 Å². The second-order valence-electron chi connectivity index (χ2n) is 3.72. The fourth-order valence-electron chi connectivity index (χ4n) is 1.33. The molecule has 2 aromatic rings. The summed E-state index contributed by atoms with van der Waals surface area (Å²) < 4.78 is 24.8. The number of benzene rings is 1. The first-order valence-electron chi connectivity index (χ1n) is 5.34. The molecule has 0 amide bonds. The third kappa shape index (κ3) is 3.65. The van der Waals surface area contributed by atoms with Crippen LogP contribution in [-0.2, 0) is 10.0 Å². The molecular weight excluding hydrogens is 348 g/mol. The van der Waals surface area contributed by atoms with Gasteiger partial charge in [0.2, 0.25) is 0 Å². The second-order valence-corrected chi connectivity index (χ2v) is 7.25. The Morgan fingerprint density at radius 3 is 2.53 bits per heavy atom. The SMILES string of the molecule is C/C(=N/NS(=O)(=O)c1ccc(Br)cc1)c1cccs1. The second kappa shape index (κ2) is 5.85. The number of thiophene rings is 1. The van der Waals surface area contributed by atoms with Gasteiger partial charge in [-0.3, -0.25) is 0 Å². The summed E-state index contributed by atoms with van der Waals surface area (Å²) in [5.41, 5.74) is 0.635. The molecule has 0 spiro atoms. The van der Waals surface area contributed by atoms with Crippen molar-refractivity contribution in [3.05, 3.63) is 51.1 Å². The Morgan fingerprint density at radius 1 is 1.26 bits per heavy atom. The summed E-state index contributed by atoms with van der Waals surface area (Å²) in [7, 11) is -3.62. The highest BCUT2D eigenvalue weighted by molar-refractivity contribution is 9.10. The van der Waals surface area contributed by atoms with Gasteiger partial charge in [-0.1, -0.05) is 22.0 Å². The Balaban J connectivity index is 2.18. The van der Waals surface area contributed by atoms with Crippen LogP contribution in [0.25, 0.3) is 0 Å². The minimum Gasteiger partial charge on any atom is -0.200 e. The van der Waals surface area contributed by atoms with E-state index in [0.29, 0.717) is 5.71 Å². The topological polar surface area (TPSA) is 58.5 Å². The molecule has 0 radical (unpaired) electrons. The van der Waals surface area contributed by atoms with E-state index in [9.17, 15) is 8.42 Å². The lowest BCUT2D eigenvalue weighted by molar-refractivity contribution is 0.584. The third-order valence-electron chi connectivity index (χ3n) is 2.34. The predicted molar refractivity (Wildman–Crippen MR) is 81.0 cm³/mol. The highest BCUT2D eigenvalue weighted by atomic mass is 79.9. The van der Waals surface area contributed by atoms with E-state index in [4.69, 9.17) is 0 Å². The van der Waals surface area contributed by atoms with Crippen molar-refractivity contribution >= 4 is 43.0 Å². The first kappa shape index (κ1) is 14.2. The highest BCUT2D eigenvalue weighted by Crippen LogP contribution is 2.15. The van der Waals surface area contributed by atoms with Crippen molar-refractivity contribution in [1.29, 1.82) is 0 Å². The molecule has 4 nitrogen and oxygen atoms in total. The van der Waals surface area contributed by atoms with Crippen LogP contribution in [0.4, 0.5) is 0 Å². The van der Waals surface area contributed by atoms with E-state index < -0.39 is 10.0 Å². The van der Waals surface area contributed by atoms with Crippen LogP contribution in [0.15, 0.2) is 56.2 Å². The van der Waals surface area contributed by atoms with Crippen LogP contribution >= 0.6 is 27.3 Å². The van der Waals surface area contributed by atoms with Gasteiger partial charge in [-0.2, -0.15) is 18.4 Å². The van der Waals surface area contributed by atoms with Gasteiger partial charge in [0.25, 0.3) is 10.0 Å². The minimum atomic E-state index is -3.62. The molecule has 0 atom stereocenters. The van der Waals surface area contributed by atoms with E-state index in [1.807, 2.05) is 17.5 Å². The zero-order valence-corrected chi connectivity index (χ0v) is 13.2. The summed E-state index contributed by atoms with van der Waals surface area (Å²) in [6.07, 6.45) is 0. The van der Waals surface area contributed by atoms with E-state index >= 15 is 0 Å². The standard InChI is InChI=1S/C12H11BrN2O2S2/c1-9(12-3-2-8-18-12)14-15-19(16,17)11-6-4-10(13)5-7-11/h2-8,15H,1H3/b14-9-. The van der Waals surface area contributed by atoms with Gasteiger partial charge in [-0.25, -0.2) is 0 Å². The third-order valence-corrected chi connectivity index (χ3v) is 5.07. The Morgan fingerprint density at radius 2 is 1.95 bits per heavy atom. The van der Waals surface area contributed by atoms with Crippen molar-refractivity contribution in [3.8, 4) is 0 Å². The summed E-state index contributed by atoms with van der Waals surface area (Å²) in [5.74, 6) is 0. The van der Waals surface area contributed by atoms with Crippen molar-refractivity contribution in [2.24, 2.45) is 5.10 Å². The van der Waals surface area contributed by atoms with Crippen LogP contribution in [-0.4, -0.2) is 14.1 Å². The van der Waals surface area contributed by atoms with Crippen LogP contribution in [0.1, 0.15) is 11.8 Å². The maximum Gasteiger partial charge on any atom is 0.276 e. The maximum atomic E-state index is 12.0. The number of nitrogens with zero attached hydrogens (tertiary/aromatic N) is 1. The summed E-state index contributed by atoms with van der Waals surface area (Å²) >= 11 is 4.77. The zero-order chi connectivity index (χ0) is 13.9. The molecule has 1 heterocycles. The van der Waals surface area contributed by atoms with Crippen molar-refractivity contribution in [3.63, 3.8) is 0 Å². The van der Waals surface area contributed by atoms with Gasteiger partial charge in [0.15, 0.2) is 0 Å². The molecule has 2 rings (SSSR count). The molecule has 0 aliphatic heterocycles. The van der Waals surface area contributed by atoms with Crippen LogP contribution in [0.3, 0.4) is 0 Å². The van der Waals surface area contributed by atoms with Crippen LogP contribution in [0, 0.1) is 0 Å². The first-order valence-corrected chi connectivity index (χ1v) is 8.50. The Labute approximate surface area is 124 Å². The van der Waals surface area contributed by atoms with Crippen molar-refractivity contribution < 1.29 is 8.42 Å². The molecular formula is C12H11BrN2O2S2. The van der Waals surface area contributed by atoms with E-state index in [-0.39, 0.29) is 4.90 Å².